The van der Waals surface area contributed by atoms with E-state index < -0.39 is 11.8 Å². The Labute approximate surface area is 167 Å². The molecule has 1 aliphatic rings. The number of phenolic OH excluding ortho intramolecular Hbond substituents is 1. The molecule has 2 N–H and O–H groups in total. The second-order valence-corrected chi connectivity index (χ2v) is 6.36. The van der Waals surface area contributed by atoms with Gasteiger partial charge in [-0.3, -0.25) is 14.4 Å². The number of anilines is 1. The van der Waals surface area contributed by atoms with Crippen LogP contribution in [0.15, 0.2) is 53.1 Å². The zero-order valence-corrected chi connectivity index (χ0v) is 16.1. The van der Waals surface area contributed by atoms with Crippen LogP contribution >= 0.6 is 0 Å². The number of hydrogen-bond donors (Lipinski definition) is 2. The Morgan fingerprint density at radius 1 is 1.17 bits per heavy atom. The second-order valence-electron chi connectivity index (χ2n) is 6.36. The number of nitrogens with zero attached hydrogens (tertiary/aromatic N) is 2. The van der Waals surface area contributed by atoms with Crippen LogP contribution in [0.25, 0.3) is 6.08 Å². The van der Waals surface area contributed by atoms with E-state index in [0.29, 0.717) is 17.0 Å². The Bertz CT molecular complexity index is 1050. The molecule has 29 heavy (non-hydrogen) atoms. The van der Waals surface area contributed by atoms with Crippen molar-refractivity contribution in [3.63, 3.8) is 0 Å². The minimum atomic E-state index is -0.574. The molecule has 3 amide bonds. The molecule has 0 fully saturated rings. The standard InChI is InChI=1S/C21H19N3O5/c1-12-17(10-14-4-9-18(26)19(11-14)29-3)21(28)24(23-12)20(27)15-5-7-16(8-6-15)22-13(2)25/h4-11,26H,1-3H3,(H,22,25)/b17-10-. The lowest BCUT2D eigenvalue weighted by atomic mass is 10.1. The number of nitrogens with one attached hydrogen (secondary N) is 1. The molecular weight excluding hydrogens is 374 g/mol. The van der Waals surface area contributed by atoms with E-state index in [0.717, 1.165) is 5.01 Å². The summed E-state index contributed by atoms with van der Waals surface area (Å²) in [7, 11) is 1.43. The highest BCUT2D eigenvalue weighted by atomic mass is 16.5. The average Bonchev–Trinajstić information content (AvgIpc) is 2.97. The van der Waals surface area contributed by atoms with Crippen molar-refractivity contribution < 1.29 is 24.2 Å². The Hall–Kier alpha value is -3.94. The molecule has 0 saturated carbocycles. The van der Waals surface area contributed by atoms with Gasteiger partial charge in [0, 0.05) is 18.2 Å². The molecule has 0 atom stereocenters. The fraction of sp³-hybridized carbons (Fsp3) is 0.143. The van der Waals surface area contributed by atoms with Crippen LogP contribution in [0.5, 0.6) is 11.5 Å². The molecule has 8 heteroatoms. The summed E-state index contributed by atoms with van der Waals surface area (Å²) in [6, 6.07) is 10.8. The van der Waals surface area contributed by atoms with E-state index in [-0.39, 0.29) is 28.5 Å². The number of phenols is 1. The van der Waals surface area contributed by atoms with Gasteiger partial charge in [-0.15, -0.1) is 0 Å². The van der Waals surface area contributed by atoms with Gasteiger partial charge < -0.3 is 15.2 Å². The Balaban J connectivity index is 1.84. The Morgan fingerprint density at radius 3 is 2.48 bits per heavy atom. The fourth-order valence-electron chi connectivity index (χ4n) is 2.79. The summed E-state index contributed by atoms with van der Waals surface area (Å²) in [6.07, 6.45) is 1.58. The minimum Gasteiger partial charge on any atom is -0.504 e. The fourth-order valence-corrected chi connectivity index (χ4v) is 2.79. The van der Waals surface area contributed by atoms with Crippen molar-refractivity contribution in [3.05, 3.63) is 59.2 Å². The molecule has 0 unspecified atom stereocenters. The molecule has 1 aliphatic heterocycles. The van der Waals surface area contributed by atoms with Gasteiger partial charge in [-0.25, -0.2) is 0 Å². The number of benzene rings is 2. The van der Waals surface area contributed by atoms with E-state index in [2.05, 4.69) is 10.4 Å². The Morgan fingerprint density at radius 2 is 1.86 bits per heavy atom. The first-order valence-corrected chi connectivity index (χ1v) is 8.71. The molecule has 2 aromatic carbocycles. The topological polar surface area (TPSA) is 108 Å². The molecule has 0 aromatic heterocycles. The van der Waals surface area contributed by atoms with Crippen molar-refractivity contribution in [2.24, 2.45) is 5.10 Å². The van der Waals surface area contributed by atoms with Gasteiger partial charge in [-0.05, 0) is 55.0 Å². The van der Waals surface area contributed by atoms with Gasteiger partial charge in [0.2, 0.25) is 5.91 Å². The molecule has 0 aliphatic carbocycles. The van der Waals surface area contributed by atoms with Crippen LogP contribution in [-0.4, -0.2) is 40.7 Å². The summed E-state index contributed by atoms with van der Waals surface area (Å²) in [5.41, 5.74) is 2.08. The number of amides is 3. The lowest BCUT2D eigenvalue weighted by molar-refractivity contribution is -0.123. The highest BCUT2D eigenvalue weighted by molar-refractivity contribution is 6.30. The Kier molecular flexibility index (Phi) is 5.45. The van der Waals surface area contributed by atoms with E-state index in [1.807, 2.05) is 0 Å². The zero-order valence-electron chi connectivity index (χ0n) is 16.1. The quantitative estimate of drug-likeness (QED) is 0.613. The number of methoxy groups -OCH3 is 1. The SMILES string of the molecule is COc1cc(/C=C2\C(=O)N(C(=O)c3ccc(NC(C)=O)cc3)N=C2C)ccc1O. The van der Waals surface area contributed by atoms with Gasteiger partial charge >= 0.3 is 0 Å². The maximum Gasteiger partial charge on any atom is 0.283 e. The molecule has 3 rings (SSSR count). The van der Waals surface area contributed by atoms with Crippen molar-refractivity contribution in [2.45, 2.75) is 13.8 Å². The number of hydrogen-bond acceptors (Lipinski definition) is 6. The van der Waals surface area contributed by atoms with Crippen molar-refractivity contribution in [2.75, 3.05) is 12.4 Å². The molecule has 0 bridgehead atoms. The van der Waals surface area contributed by atoms with Crippen molar-refractivity contribution in [3.8, 4) is 11.5 Å². The van der Waals surface area contributed by atoms with Crippen molar-refractivity contribution in [1.29, 1.82) is 0 Å². The molecule has 0 spiro atoms. The summed E-state index contributed by atoms with van der Waals surface area (Å²) in [5, 5.41) is 17.2. The van der Waals surface area contributed by atoms with Crippen LogP contribution in [0, 0.1) is 0 Å². The summed E-state index contributed by atoms with van der Waals surface area (Å²) in [6.45, 7) is 3.02. The van der Waals surface area contributed by atoms with Gasteiger partial charge in [-0.2, -0.15) is 10.1 Å². The molecule has 8 nitrogen and oxygen atoms in total. The first-order chi connectivity index (χ1) is 13.8. The van der Waals surface area contributed by atoms with Crippen LogP contribution < -0.4 is 10.1 Å². The third-order valence-electron chi connectivity index (χ3n) is 4.22. The smallest absolute Gasteiger partial charge is 0.283 e. The molecule has 0 saturated heterocycles. The van der Waals surface area contributed by atoms with Crippen LogP contribution in [0.4, 0.5) is 5.69 Å². The zero-order chi connectivity index (χ0) is 21.1. The average molecular weight is 393 g/mol. The summed E-state index contributed by atoms with van der Waals surface area (Å²) >= 11 is 0. The van der Waals surface area contributed by atoms with Crippen LogP contribution in [0.2, 0.25) is 0 Å². The monoisotopic (exact) mass is 393 g/mol. The number of hydrazone groups is 1. The molecule has 0 radical (unpaired) electrons. The lowest BCUT2D eigenvalue weighted by Gasteiger charge is -2.10. The van der Waals surface area contributed by atoms with Crippen molar-refractivity contribution in [1.82, 2.24) is 5.01 Å². The first kappa shape index (κ1) is 19.8. The molecule has 2 aromatic rings. The first-order valence-electron chi connectivity index (χ1n) is 8.71. The third kappa shape index (κ3) is 4.16. The van der Waals surface area contributed by atoms with Crippen LogP contribution in [0.3, 0.4) is 0 Å². The van der Waals surface area contributed by atoms with E-state index in [4.69, 9.17) is 4.74 Å². The number of carbonyl (C=O) groups excluding carboxylic acids is 3. The lowest BCUT2D eigenvalue weighted by Crippen LogP contribution is -2.29. The van der Waals surface area contributed by atoms with E-state index in [9.17, 15) is 19.5 Å². The van der Waals surface area contributed by atoms with E-state index in [1.165, 1.54) is 32.2 Å². The normalized spacial score (nSPS) is 14.7. The van der Waals surface area contributed by atoms with Gasteiger partial charge in [0.05, 0.1) is 18.4 Å². The number of ether oxygens (including phenoxy) is 1. The molecular formula is C21H19N3O5. The number of imide groups is 1. The van der Waals surface area contributed by atoms with Gasteiger partial charge in [-0.1, -0.05) is 6.07 Å². The van der Waals surface area contributed by atoms with Gasteiger partial charge in [0.1, 0.15) is 0 Å². The second kappa shape index (κ2) is 7.97. The minimum absolute atomic E-state index is 0.0164. The maximum absolute atomic E-state index is 12.8. The largest absolute Gasteiger partial charge is 0.504 e. The predicted molar refractivity (Wildman–Crippen MR) is 108 cm³/mol. The summed E-state index contributed by atoms with van der Waals surface area (Å²) < 4.78 is 5.07. The highest BCUT2D eigenvalue weighted by Gasteiger charge is 2.33. The van der Waals surface area contributed by atoms with E-state index in [1.54, 1.807) is 37.3 Å². The summed E-state index contributed by atoms with van der Waals surface area (Å²) in [5.74, 6) is -1.09. The maximum atomic E-state index is 12.8. The van der Waals surface area contributed by atoms with Gasteiger partial charge in [0.25, 0.3) is 11.8 Å². The molecule has 148 valence electrons. The number of rotatable bonds is 4. The van der Waals surface area contributed by atoms with Crippen LogP contribution in [0.1, 0.15) is 29.8 Å². The summed E-state index contributed by atoms with van der Waals surface area (Å²) in [4.78, 5) is 36.6. The number of carbonyl (C=O) groups is 3. The van der Waals surface area contributed by atoms with Crippen molar-refractivity contribution >= 4 is 35.2 Å². The van der Waals surface area contributed by atoms with Gasteiger partial charge in [0.15, 0.2) is 11.5 Å². The van der Waals surface area contributed by atoms with Crippen LogP contribution in [-0.2, 0) is 9.59 Å². The molecule has 1 heterocycles. The van der Waals surface area contributed by atoms with E-state index >= 15 is 0 Å². The third-order valence-corrected chi connectivity index (χ3v) is 4.22. The number of aromatic hydroxyl groups is 1. The predicted octanol–water partition coefficient (Wildman–Crippen LogP) is 2.80. The highest BCUT2D eigenvalue weighted by Crippen LogP contribution is 2.28.